The first kappa shape index (κ1) is 15.8. The fourth-order valence-corrected chi connectivity index (χ4v) is 4.59. The third-order valence-corrected chi connectivity index (χ3v) is 6.24. The van der Waals surface area contributed by atoms with Crippen LogP contribution in [0.1, 0.15) is 54.2 Å². The second-order valence-electron chi connectivity index (χ2n) is 7.25. The van der Waals surface area contributed by atoms with Gasteiger partial charge in [0.15, 0.2) is 0 Å². The van der Waals surface area contributed by atoms with Crippen LogP contribution in [0.3, 0.4) is 0 Å². The van der Waals surface area contributed by atoms with Gasteiger partial charge in [-0.15, -0.1) is 11.3 Å². The zero-order chi connectivity index (χ0) is 17.7. The highest BCUT2D eigenvalue weighted by molar-refractivity contribution is 7.12. The highest BCUT2D eigenvalue weighted by atomic mass is 32.1. The molecular formula is C19H20N4O2S. The number of H-pyrrole nitrogens is 1. The number of rotatable bonds is 4. The van der Waals surface area contributed by atoms with Crippen molar-refractivity contribution in [1.82, 2.24) is 20.1 Å². The molecular weight excluding hydrogens is 348 g/mol. The van der Waals surface area contributed by atoms with Crippen LogP contribution in [0, 0.1) is 0 Å². The molecule has 7 heteroatoms. The summed E-state index contributed by atoms with van der Waals surface area (Å²) in [5, 5.41) is 10.4. The molecule has 0 aliphatic heterocycles. The van der Waals surface area contributed by atoms with Gasteiger partial charge in [0.2, 0.25) is 0 Å². The van der Waals surface area contributed by atoms with Crippen LogP contribution < -0.4 is 10.9 Å². The largest absolute Gasteiger partial charge is 0.349 e. The summed E-state index contributed by atoms with van der Waals surface area (Å²) >= 11 is 1.40. The molecule has 0 atom stereocenters. The number of amides is 1. The number of aromatic nitrogens is 3. The standard InChI is InChI=1S/C19H20N4O2S/c24-18(21-12-5-6-12)15-9-11(10-26-15)17-16-14(7-8-20-19(16)25)23(22-17)13-3-1-2-4-13/h7-10,12-13H,1-6H2,(H,20,25)(H,21,24). The van der Waals surface area contributed by atoms with Gasteiger partial charge in [0.05, 0.1) is 21.8 Å². The van der Waals surface area contributed by atoms with Crippen LogP contribution in [0.2, 0.25) is 0 Å². The summed E-state index contributed by atoms with van der Waals surface area (Å²) in [6, 6.07) is 4.47. The summed E-state index contributed by atoms with van der Waals surface area (Å²) in [6.45, 7) is 0. The minimum absolute atomic E-state index is 0.0304. The van der Waals surface area contributed by atoms with E-state index >= 15 is 0 Å². The van der Waals surface area contributed by atoms with Gasteiger partial charge in [-0.2, -0.15) is 5.10 Å². The van der Waals surface area contributed by atoms with E-state index in [0.717, 1.165) is 36.8 Å². The van der Waals surface area contributed by atoms with Crippen molar-refractivity contribution in [3.63, 3.8) is 0 Å². The number of aromatic amines is 1. The predicted molar refractivity (Wildman–Crippen MR) is 102 cm³/mol. The minimum atomic E-state index is -0.128. The lowest BCUT2D eigenvalue weighted by Gasteiger charge is -2.10. The Kier molecular flexibility index (Phi) is 3.70. The van der Waals surface area contributed by atoms with Gasteiger partial charge in [-0.05, 0) is 37.8 Å². The number of nitrogens with zero attached hydrogens (tertiary/aromatic N) is 2. The maximum atomic E-state index is 12.5. The Balaban J connectivity index is 1.59. The quantitative estimate of drug-likeness (QED) is 0.740. The Morgan fingerprint density at radius 2 is 2.08 bits per heavy atom. The zero-order valence-electron chi connectivity index (χ0n) is 14.3. The molecule has 3 aromatic rings. The van der Waals surface area contributed by atoms with Crippen molar-refractivity contribution in [2.75, 3.05) is 0 Å². The van der Waals surface area contributed by atoms with E-state index < -0.39 is 0 Å². The van der Waals surface area contributed by atoms with Gasteiger partial charge in [-0.25, -0.2) is 0 Å². The smallest absolute Gasteiger partial charge is 0.261 e. The van der Waals surface area contributed by atoms with Gasteiger partial charge in [0, 0.05) is 23.2 Å². The number of carbonyl (C=O) groups excluding carboxylic acids is 1. The summed E-state index contributed by atoms with van der Waals surface area (Å²) in [6.07, 6.45) is 8.42. The number of nitrogens with one attached hydrogen (secondary N) is 2. The average molecular weight is 368 g/mol. The van der Waals surface area contributed by atoms with Gasteiger partial charge >= 0.3 is 0 Å². The molecule has 3 aromatic heterocycles. The second-order valence-corrected chi connectivity index (χ2v) is 8.16. The molecule has 134 valence electrons. The summed E-state index contributed by atoms with van der Waals surface area (Å²) in [5.41, 5.74) is 2.27. The Morgan fingerprint density at radius 1 is 1.27 bits per heavy atom. The first-order valence-electron chi connectivity index (χ1n) is 9.20. The van der Waals surface area contributed by atoms with Crippen LogP contribution in [-0.4, -0.2) is 26.7 Å². The molecule has 5 rings (SSSR count). The van der Waals surface area contributed by atoms with E-state index in [9.17, 15) is 9.59 Å². The van der Waals surface area contributed by atoms with E-state index in [2.05, 4.69) is 10.3 Å². The van der Waals surface area contributed by atoms with Crippen LogP contribution >= 0.6 is 11.3 Å². The third kappa shape index (κ3) is 2.67. The molecule has 0 bridgehead atoms. The summed E-state index contributed by atoms with van der Waals surface area (Å²) in [4.78, 5) is 28.2. The van der Waals surface area contributed by atoms with Crippen molar-refractivity contribution in [2.24, 2.45) is 0 Å². The van der Waals surface area contributed by atoms with Crippen molar-refractivity contribution >= 4 is 28.1 Å². The molecule has 0 spiro atoms. The topological polar surface area (TPSA) is 79.8 Å². The van der Waals surface area contributed by atoms with Crippen LogP contribution in [-0.2, 0) is 0 Å². The van der Waals surface area contributed by atoms with Gasteiger partial charge in [-0.3, -0.25) is 14.3 Å². The van der Waals surface area contributed by atoms with E-state index in [4.69, 9.17) is 5.10 Å². The predicted octanol–water partition coefficient (Wildman–Crippen LogP) is 3.46. The van der Waals surface area contributed by atoms with Crippen LogP contribution in [0.5, 0.6) is 0 Å². The molecule has 2 fully saturated rings. The maximum Gasteiger partial charge on any atom is 0.261 e. The fraction of sp³-hybridized carbons (Fsp3) is 0.421. The molecule has 2 saturated carbocycles. The van der Waals surface area contributed by atoms with Crippen LogP contribution in [0.25, 0.3) is 22.2 Å². The van der Waals surface area contributed by atoms with Gasteiger partial charge < -0.3 is 10.3 Å². The summed E-state index contributed by atoms with van der Waals surface area (Å²) < 4.78 is 2.02. The first-order chi connectivity index (χ1) is 12.7. The first-order valence-corrected chi connectivity index (χ1v) is 10.1. The summed E-state index contributed by atoms with van der Waals surface area (Å²) in [5.74, 6) is -0.0304. The molecule has 2 aliphatic carbocycles. The number of thiophene rings is 1. The lowest BCUT2D eigenvalue weighted by molar-refractivity contribution is 0.0955. The van der Waals surface area contributed by atoms with Crippen LogP contribution in [0.4, 0.5) is 0 Å². The molecule has 0 saturated heterocycles. The van der Waals surface area contributed by atoms with E-state index in [0.29, 0.717) is 28.0 Å². The number of hydrogen-bond donors (Lipinski definition) is 2. The lowest BCUT2D eigenvalue weighted by atomic mass is 10.1. The highest BCUT2D eigenvalue weighted by Gasteiger charge is 2.26. The molecule has 2 N–H and O–H groups in total. The molecule has 3 heterocycles. The second kappa shape index (κ2) is 6.09. The third-order valence-electron chi connectivity index (χ3n) is 5.31. The molecule has 0 unspecified atom stereocenters. The molecule has 2 aliphatic rings. The number of pyridine rings is 1. The number of carbonyl (C=O) groups is 1. The lowest BCUT2D eigenvalue weighted by Crippen LogP contribution is -2.24. The molecule has 0 aromatic carbocycles. The Labute approximate surface area is 154 Å². The van der Waals surface area contributed by atoms with Gasteiger partial charge in [0.1, 0.15) is 5.69 Å². The highest BCUT2D eigenvalue weighted by Crippen LogP contribution is 2.35. The Hall–Kier alpha value is -2.41. The molecule has 0 radical (unpaired) electrons. The van der Waals surface area contributed by atoms with Gasteiger partial charge in [0.25, 0.3) is 11.5 Å². The van der Waals surface area contributed by atoms with E-state index in [-0.39, 0.29) is 11.5 Å². The number of fused-ring (bicyclic) bond motifs is 1. The van der Waals surface area contributed by atoms with Crippen molar-refractivity contribution in [3.05, 3.63) is 38.9 Å². The SMILES string of the molecule is O=C(NC1CC1)c1cc(-c2nn(C3CCCC3)c3cc[nH]c(=O)c23)cs1. The molecule has 26 heavy (non-hydrogen) atoms. The molecule has 6 nitrogen and oxygen atoms in total. The fourth-order valence-electron chi connectivity index (χ4n) is 3.79. The minimum Gasteiger partial charge on any atom is -0.349 e. The maximum absolute atomic E-state index is 12.5. The van der Waals surface area contributed by atoms with Crippen molar-refractivity contribution in [2.45, 2.75) is 50.6 Å². The monoisotopic (exact) mass is 368 g/mol. The Morgan fingerprint density at radius 3 is 2.85 bits per heavy atom. The van der Waals surface area contributed by atoms with Crippen molar-refractivity contribution in [1.29, 1.82) is 0 Å². The van der Waals surface area contributed by atoms with Crippen molar-refractivity contribution < 1.29 is 4.79 Å². The molecule has 1 amide bonds. The average Bonchev–Trinajstić information content (AvgIpc) is 3.10. The van der Waals surface area contributed by atoms with Crippen LogP contribution in [0.15, 0.2) is 28.5 Å². The Bertz CT molecular complexity index is 1040. The van der Waals surface area contributed by atoms with E-state index in [1.54, 1.807) is 6.20 Å². The summed E-state index contributed by atoms with van der Waals surface area (Å²) in [7, 11) is 0. The van der Waals surface area contributed by atoms with Gasteiger partial charge in [-0.1, -0.05) is 12.8 Å². The zero-order valence-corrected chi connectivity index (χ0v) is 15.1. The van der Waals surface area contributed by atoms with Crippen molar-refractivity contribution in [3.8, 4) is 11.3 Å². The normalized spacial score (nSPS) is 17.8. The number of hydrogen-bond acceptors (Lipinski definition) is 4. The van der Waals surface area contributed by atoms with E-state index in [1.807, 2.05) is 22.2 Å². The van der Waals surface area contributed by atoms with E-state index in [1.165, 1.54) is 24.2 Å².